The monoisotopic (exact) mass is 458 g/mol. The van der Waals surface area contributed by atoms with Crippen LogP contribution in [0.15, 0.2) is 70.4 Å². The molecular formula is C25H26N6O3. The fourth-order valence-electron chi connectivity index (χ4n) is 4.22. The molecule has 9 nitrogen and oxygen atoms in total. The average Bonchev–Trinajstić information content (AvgIpc) is 3.44. The average molecular weight is 459 g/mol. The highest BCUT2D eigenvalue weighted by Gasteiger charge is 2.19. The summed E-state index contributed by atoms with van der Waals surface area (Å²) in [5, 5.41) is 4.55. The van der Waals surface area contributed by atoms with Crippen LogP contribution in [0.4, 0.5) is 5.95 Å². The van der Waals surface area contributed by atoms with E-state index >= 15 is 0 Å². The molecule has 3 aromatic heterocycles. The first-order chi connectivity index (χ1) is 16.5. The highest BCUT2D eigenvalue weighted by atomic mass is 16.5. The Kier molecular flexibility index (Phi) is 5.67. The van der Waals surface area contributed by atoms with Crippen LogP contribution < -0.4 is 21.3 Å². The number of hydrogen-bond donors (Lipinski definition) is 2. The van der Waals surface area contributed by atoms with Crippen LogP contribution in [-0.2, 0) is 27.1 Å². The first-order valence-electron chi connectivity index (χ1n) is 11.2. The highest BCUT2D eigenvalue weighted by molar-refractivity contribution is 5.83. The molecule has 3 heterocycles. The number of H-pyrrole nitrogens is 1. The minimum atomic E-state index is -0.409. The number of nitrogens with zero attached hydrogens (tertiary/aromatic N) is 4. The van der Waals surface area contributed by atoms with Crippen molar-refractivity contribution >= 4 is 28.0 Å². The highest BCUT2D eigenvalue weighted by Crippen LogP contribution is 2.20. The molecule has 0 saturated carbocycles. The van der Waals surface area contributed by atoms with Crippen LogP contribution in [0.1, 0.15) is 5.56 Å². The fraction of sp³-hybridized carbons (Fsp3) is 0.240. The van der Waals surface area contributed by atoms with Crippen LogP contribution >= 0.6 is 0 Å². The third kappa shape index (κ3) is 3.85. The molecular weight excluding hydrogens is 432 g/mol. The molecule has 0 unspecified atom stereocenters. The number of fused-ring (bicyclic) bond motifs is 2. The molecule has 0 aliphatic rings. The summed E-state index contributed by atoms with van der Waals surface area (Å²) in [5.41, 5.74) is 2.23. The molecule has 0 bridgehead atoms. The Morgan fingerprint density at radius 2 is 1.76 bits per heavy atom. The van der Waals surface area contributed by atoms with Crippen molar-refractivity contribution in [1.82, 2.24) is 23.7 Å². The number of benzene rings is 2. The Balaban J connectivity index is 1.43. The number of anilines is 1. The molecule has 2 aromatic carbocycles. The SMILES string of the molecule is Cn1c(=O)c2c(nc(NCCc3c[nH]c4ccccc34)n2CCOc2ccccc2)n(C)c1=O. The molecule has 0 fully saturated rings. The van der Waals surface area contributed by atoms with Gasteiger partial charge in [0, 0.05) is 37.7 Å². The van der Waals surface area contributed by atoms with Crippen molar-refractivity contribution in [2.24, 2.45) is 14.1 Å². The summed E-state index contributed by atoms with van der Waals surface area (Å²) in [6.45, 7) is 1.35. The van der Waals surface area contributed by atoms with E-state index in [-0.39, 0.29) is 5.56 Å². The molecule has 0 aliphatic heterocycles. The van der Waals surface area contributed by atoms with Gasteiger partial charge in [0.05, 0.1) is 6.54 Å². The van der Waals surface area contributed by atoms with Crippen molar-refractivity contribution in [3.8, 4) is 5.75 Å². The molecule has 0 amide bonds. The minimum absolute atomic E-state index is 0.346. The molecule has 174 valence electrons. The number of aryl methyl sites for hydroxylation is 1. The van der Waals surface area contributed by atoms with Gasteiger partial charge in [-0.05, 0) is 30.2 Å². The summed E-state index contributed by atoms with van der Waals surface area (Å²) in [5.74, 6) is 1.28. The van der Waals surface area contributed by atoms with E-state index in [0.29, 0.717) is 36.8 Å². The van der Waals surface area contributed by atoms with E-state index in [1.165, 1.54) is 22.6 Å². The Labute approximate surface area is 195 Å². The summed E-state index contributed by atoms with van der Waals surface area (Å²) < 4.78 is 10.2. The van der Waals surface area contributed by atoms with Crippen LogP contribution in [0.2, 0.25) is 0 Å². The molecule has 0 saturated heterocycles. The standard InChI is InChI=1S/C25H26N6O3/c1-29-22-21(23(32)30(2)25(29)33)31(14-15-34-18-8-4-3-5-9-18)24(28-22)26-13-12-17-16-27-20-11-7-6-10-19(17)20/h3-11,16,27H,12-15H2,1-2H3,(H,26,28). The summed E-state index contributed by atoms with van der Waals surface area (Å²) in [6, 6.07) is 17.7. The van der Waals surface area contributed by atoms with Gasteiger partial charge in [-0.3, -0.25) is 13.9 Å². The van der Waals surface area contributed by atoms with Gasteiger partial charge in [0.2, 0.25) is 5.95 Å². The third-order valence-electron chi connectivity index (χ3n) is 6.03. The van der Waals surface area contributed by atoms with Gasteiger partial charge in [-0.15, -0.1) is 0 Å². The van der Waals surface area contributed by atoms with E-state index in [1.54, 1.807) is 11.6 Å². The largest absolute Gasteiger partial charge is 0.492 e. The zero-order valence-corrected chi connectivity index (χ0v) is 19.1. The molecule has 34 heavy (non-hydrogen) atoms. The lowest BCUT2D eigenvalue weighted by Gasteiger charge is -2.12. The van der Waals surface area contributed by atoms with E-state index in [0.717, 1.165) is 22.3 Å². The van der Waals surface area contributed by atoms with Crippen molar-refractivity contribution in [2.45, 2.75) is 13.0 Å². The quantitative estimate of drug-likeness (QED) is 0.373. The third-order valence-corrected chi connectivity index (χ3v) is 6.03. The zero-order valence-electron chi connectivity index (χ0n) is 19.1. The van der Waals surface area contributed by atoms with E-state index < -0.39 is 5.69 Å². The van der Waals surface area contributed by atoms with Gasteiger partial charge in [0.1, 0.15) is 12.4 Å². The predicted molar refractivity (Wildman–Crippen MR) is 133 cm³/mol. The summed E-state index contributed by atoms with van der Waals surface area (Å²) in [6.07, 6.45) is 2.78. The summed E-state index contributed by atoms with van der Waals surface area (Å²) in [7, 11) is 3.10. The topological polar surface area (TPSA) is 98.9 Å². The van der Waals surface area contributed by atoms with E-state index in [1.807, 2.05) is 48.7 Å². The number of rotatable bonds is 8. The number of para-hydroxylation sites is 2. The maximum Gasteiger partial charge on any atom is 0.332 e. The summed E-state index contributed by atoms with van der Waals surface area (Å²) >= 11 is 0. The number of nitrogens with one attached hydrogen (secondary N) is 2. The first kappa shape index (κ1) is 21.6. The van der Waals surface area contributed by atoms with Gasteiger partial charge < -0.3 is 19.6 Å². The zero-order chi connectivity index (χ0) is 23.7. The Morgan fingerprint density at radius 1 is 1.00 bits per heavy atom. The van der Waals surface area contributed by atoms with Crippen molar-refractivity contribution in [3.63, 3.8) is 0 Å². The number of hydrogen-bond acceptors (Lipinski definition) is 5. The number of imidazole rings is 1. The van der Waals surface area contributed by atoms with Crippen molar-refractivity contribution in [2.75, 3.05) is 18.5 Å². The van der Waals surface area contributed by atoms with Gasteiger partial charge in [-0.25, -0.2) is 4.79 Å². The summed E-state index contributed by atoms with van der Waals surface area (Å²) in [4.78, 5) is 33.3. The van der Waals surface area contributed by atoms with E-state index in [2.05, 4.69) is 27.4 Å². The lowest BCUT2D eigenvalue weighted by Crippen LogP contribution is -2.37. The molecule has 9 heteroatoms. The predicted octanol–water partition coefficient (Wildman–Crippen LogP) is 2.65. The maximum atomic E-state index is 13.0. The lowest BCUT2D eigenvalue weighted by molar-refractivity contribution is 0.300. The van der Waals surface area contributed by atoms with Crippen molar-refractivity contribution in [1.29, 1.82) is 0 Å². The molecule has 5 rings (SSSR count). The normalized spacial score (nSPS) is 11.4. The van der Waals surface area contributed by atoms with Gasteiger partial charge in [-0.1, -0.05) is 36.4 Å². The smallest absolute Gasteiger partial charge is 0.332 e. The Bertz CT molecular complexity index is 1580. The van der Waals surface area contributed by atoms with E-state index in [9.17, 15) is 9.59 Å². The van der Waals surface area contributed by atoms with Gasteiger partial charge in [-0.2, -0.15) is 4.98 Å². The van der Waals surface area contributed by atoms with Crippen LogP contribution in [0, 0.1) is 0 Å². The van der Waals surface area contributed by atoms with Gasteiger partial charge >= 0.3 is 5.69 Å². The molecule has 5 aromatic rings. The number of aromatic amines is 1. The second-order valence-electron chi connectivity index (χ2n) is 8.16. The van der Waals surface area contributed by atoms with Crippen molar-refractivity contribution < 1.29 is 4.74 Å². The first-order valence-corrected chi connectivity index (χ1v) is 11.2. The lowest BCUT2D eigenvalue weighted by atomic mass is 10.1. The second kappa shape index (κ2) is 8.93. The van der Waals surface area contributed by atoms with Crippen molar-refractivity contribution in [3.05, 3.63) is 87.2 Å². The maximum absolute atomic E-state index is 13.0. The number of ether oxygens (including phenoxy) is 1. The van der Waals surface area contributed by atoms with Crippen LogP contribution in [0.5, 0.6) is 5.75 Å². The molecule has 0 aliphatic carbocycles. The molecule has 0 atom stereocenters. The van der Waals surface area contributed by atoms with Gasteiger partial charge in [0.15, 0.2) is 11.2 Å². The Morgan fingerprint density at radius 3 is 2.59 bits per heavy atom. The molecule has 0 spiro atoms. The minimum Gasteiger partial charge on any atom is -0.492 e. The van der Waals surface area contributed by atoms with E-state index in [4.69, 9.17) is 4.74 Å². The molecule has 0 radical (unpaired) electrons. The van der Waals surface area contributed by atoms with Crippen LogP contribution in [0.3, 0.4) is 0 Å². The van der Waals surface area contributed by atoms with Crippen LogP contribution in [-0.4, -0.2) is 36.8 Å². The number of aromatic nitrogens is 5. The molecule has 2 N–H and O–H groups in total. The second-order valence-corrected chi connectivity index (χ2v) is 8.16. The fourth-order valence-corrected chi connectivity index (χ4v) is 4.22. The van der Waals surface area contributed by atoms with Gasteiger partial charge in [0.25, 0.3) is 5.56 Å². The van der Waals surface area contributed by atoms with Crippen LogP contribution in [0.25, 0.3) is 22.1 Å². The Hall–Kier alpha value is -4.27.